The van der Waals surface area contributed by atoms with Crippen LogP contribution >= 0.6 is 21.6 Å². The molecule has 7 nitrogen and oxygen atoms in total. The Labute approximate surface area is 160 Å². The first-order valence-electron chi connectivity index (χ1n) is 8.06. The molecule has 0 amide bonds. The Morgan fingerprint density at radius 2 is 2.12 bits per heavy atom. The van der Waals surface area contributed by atoms with Gasteiger partial charge in [0.2, 0.25) is 0 Å². The van der Waals surface area contributed by atoms with Crippen LogP contribution in [0.1, 0.15) is 5.56 Å². The van der Waals surface area contributed by atoms with Crippen molar-refractivity contribution in [2.45, 2.75) is 11.9 Å². The summed E-state index contributed by atoms with van der Waals surface area (Å²) >= 11 is 0. The van der Waals surface area contributed by atoms with Crippen LogP contribution in [0.4, 0.5) is 11.4 Å². The predicted octanol–water partition coefficient (Wildman–Crippen LogP) is 3.79. The second-order valence-corrected chi connectivity index (χ2v) is 8.02. The van der Waals surface area contributed by atoms with E-state index in [4.69, 9.17) is 0 Å². The van der Waals surface area contributed by atoms with Gasteiger partial charge in [-0.2, -0.15) is 0 Å². The molecule has 0 bridgehead atoms. The molecular weight excluding hydrogens is 370 g/mol. The van der Waals surface area contributed by atoms with Crippen molar-refractivity contribution in [2.75, 3.05) is 23.9 Å². The highest BCUT2D eigenvalue weighted by atomic mass is 33.1. The second-order valence-electron chi connectivity index (χ2n) is 5.61. The van der Waals surface area contributed by atoms with Crippen LogP contribution < -0.4 is 10.5 Å². The maximum atomic E-state index is 11.0. The maximum Gasteiger partial charge on any atom is 0.302 e. The summed E-state index contributed by atoms with van der Waals surface area (Å²) in [5.41, 5.74) is 5.74. The summed E-state index contributed by atoms with van der Waals surface area (Å²) in [6, 6.07) is 11.4. The summed E-state index contributed by atoms with van der Waals surface area (Å²) in [4.78, 5) is 14.7. The molecule has 0 unspecified atom stereocenters. The van der Waals surface area contributed by atoms with E-state index in [0.29, 0.717) is 5.03 Å². The van der Waals surface area contributed by atoms with Gasteiger partial charge in [0.25, 0.3) is 0 Å². The first kappa shape index (κ1) is 18.6. The predicted molar refractivity (Wildman–Crippen MR) is 107 cm³/mol. The van der Waals surface area contributed by atoms with Crippen LogP contribution in [-0.4, -0.2) is 33.8 Å². The van der Waals surface area contributed by atoms with Gasteiger partial charge in [-0.05, 0) is 42.0 Å². The number of hydrogen-bond donors (Lipinski definition) is 1. The molecule has 0 saturated carbocycles. The van der Waals surface area contributed by atoms with Gasteiger partial charge in [-0.3, -0.25) is 20.1 Å². The number of benzene rings is 1. The highest BCUT2D eigenvalue weighted by Crippen LogP contribution is 2.35. The Morgan fingerprint density at radius 1 is 1.31 bits per heavy atom. The third-order valence-electron chi connectivity index (χ3n) is 3.67. The number of anilines is 1. The lowest BCUT2D eigenvalue weighted by atomic mass is 10.2. The average Bonchev–Trinajstić information content (AvgIpc) is 2.66. The molecule has 0 radical (unpaired) electrons. The topological polar surface area (TPSA) is 74.5 Å². The number of aryl methyl sites for hydroxylation is 1. The van der Waals surface area contributed by atoms with Crippen molar-refractivity contribution in [3.05, 3.63) is 70.5 Å². The molecule has 0 saturated heterocycles. The van der Waals surface area contributed by atoms with Crippen molar-refractivity contribution in [3.8, 4) is 0 Å². The zero-order valence-electron chi connectivity index (χ0n) is 14.2. The lowest BCUT2D eigenvalue weighted by Crippen LogP contribution is -2.51. The fourth-order valence-corrected chi connectivity index (χ4v) is 4.33. The van der Waals surface area contributed by atoms with Crippen molar-refractivity contribution in [2.24, 2.45) is 0 Å². The smallest absolute Gasteiger partial charge is 0.297 e. The average molecular weight is 390 g/mol. The maximum absolute atomic E-state index is 11.0. The van der Waals surface area contributed by atoms with Crippen molar-refractivity contribution in [1.29, 1.82) is 0 Å². The fourth-order valence-electron chi connectivity index (χ4n) is 2.34. The van der Waals surface area contributed by atoms with Gasteiger partial charge in [0, 0.05) is 30.8 Å². The Hall–Kier alpha value is -2.23. The van der Waals surface area contributed by atoms with Crippen molar-refractivity contribution < 1.29 is 4.92 Å². The standard InChI is InChI=1S/C17H19N5O2S2/c1-14-5-7-15(8-6-14)21-11-3-10-20(19-21)12-13-25-26-17-16(22(23)24)4-2-9-18-17/h2-10,19H,11-13H2,1H3. The van der Waals surface area contributed by atoms with Gasteiger partial charge >= 0.3 is 5.69 Å². The Morgan fingerprint density at radius 3 is 2.88 bits per heavy atom. The van der Waals surface area contributed by atoms with E-state index in [9.17, 15) is 10.1 Å². The number of aromatic nitrogens is 1. The van der Waals surface area contributed by atoms with E-state index in [0.717, 1.165) is 24.5 Å². The van der Waals surface area contributed by atoms with Gasteiger partial charge < -0.3 is 0 Å². The number of pyridine rings is 1. The minimum Gasteiger partial charge on any atom is -0.297 e. The summed E-state index contributed by atoms with van der Waals surface area (Å²) in [5, 5.41) is 15.5. The second kappa shape index (κ2) is 8.93. The van der Waals surface area contributed by atoms with Crippen LogP contribution in [0.3, 0.4) is 0 Å². The van der Waals surface area contributed by atoms with Gasteiger partial charge in [0.1, 0.15) is 0 Å². The van der Waals surface area contributed by atoms with Crippen LogP contribution in [-0.2, 0) is 0 Å². The minimum atomic E-state index is -0.399. The Balaban J connectivity index is 1.48. The Kier molecular flexibility index (Phi) is 6.37. The summed E-state index contributed by atoms with van der Waals surface area (Å²) in [6.07, 6.45) is 5.68. The molecule has 1 aromatic carbocycles. The van der Waals surface area contributed by atoms with Crippen molar-refractivity contribution >= 4 is 33.0 Å². The molecule has 1 N–H and O–H groups in total. The van der Waals surface area contributed by atoms with E-state index in [2.05, 4.69) is 52.8 Å². The summed E-state index contributed by atoms with van der Waals surface area (Å²) in [5.74, 6) is 0.789. The zero-order valence-corrected chi connectivity index (χ0v) is 15.9. The largest absolute Gasteiger partial charge is 0.302 e. The van der Waals surface area contributed by atoms with E-state index in [1.807, 2.05) is 11.2 Å². The fraction of sp³-hybridized carbons (Fsp3) is 0.235. The first-order valence-corrected chi connectivity index (χ1v) is 10.4. The molecule has 2 heterocycles. The molecule has 0 atom stereocenters. The molecule has 136 valence electrons. The van der Waals surface area contributed by atoms with E-state index < -0.39 is 4.92 Å². The SMILES string of the molecule is Cc1ccc(N2CC=CN(CCSSc3ncccc3[N+](=O)[O-])N2)cc1. The van der Waals surface area contributed by atoms with E-state index >= 15 is 0 Å². The minimum absolute atomic E-state index is 0.0477. The van der Waals surface area contributed by atoms with Gasteiger partial charge in [-0.1, -0.05) is 28.5 Å². The molecule has 1 aliphatic heterocycles. The third-order valence-corrected chi connectivity index (χ3v) is 5.94. The van der Waals surface area contributed by atoms with Crippen LogP contribution in [0, 0.1) is 17.0 Å². The molecule has 0 aliphatic carbocycles. The molecule has 3 rings (SSSR count). The monoisotopic (exact) mass is 389 g/mol. The molecule has 9 heteroatoms. The van der Waals surface area contributed by atoms with Crippen molar-refractivity contribution in [1.82, 2.24) is 15.5 Å². The molecule has 26 heavy (non-hydrogen) atoms. The lowest BCUT2D eigenvalue weighted by molar-refractivity contribution is -0.388. The normalized spacial score (nSPS) is 13.9. The lowest BCUT2D eigenvalue weighted by Gasteiger charge is -2.34. The number of nitrogens with zero attached hydrogens (tertiary/aromatic N) is 4. The first-order chi connectivity index (χ1) is 12.6. The summed E-state index contributed by atoms with van der Waals surface area (Å²) in [7, 11) is 2.88. The quantitative estimate of drug-likeness (QED) is 0.332. The van der Waals surface area contributed by atoms with E-state index in [-0.39, 0.29) is 5.69 Å². The summed E-state index contributed by atoms with van der Waals surface area (Å²) < 4.78 is 0. The van der Waals surface area contributed by atoms with Crippen LogP contribution in [0.15, 0.2) is 59.9 Å². The molecule has 1 aromatic heterocycles. The van der Waals surface area contributed by atoms with Crippen molar-refractivity contribution in [3.63, 3.8) is 0 Å². The van der Waals surface area contributed by atoms with Gasteiger partial charge in [-0.25, -0.2) is 4.98 Å². The highest BCUT2D eigenvalue weighted by molar-refractivity contribution is 8.76. The van der Waals surface area contributed by atoms with Gasteiger partial charge in [0.15, 0.2) is 5.03 Å². The number of nitro groups is 1. The van der Waals surface area contributed by atoms with E-state index in [1.165, 1.54) is 22.4 Å². The number of nitrogens with one attached hydrogen (secondary N) is 1. The van der Waals surface area contributed by atoms with E-state index in [1.54, 1.807) is 23.1 Å². The third kappa shape index (κ3) is 4.90. The molecule has 0 fully saturated rings. The van der Waals surface area contributed by atoms with Crippen LogP contribution in [0.25, 0.3) is 0 Å². The molecule has 0 spiro atoms. The van der Waals surface area contributed by atoms with Gasteiger partial charge in [0.05, 0.1) is 17.2 Å². The molecular formula is C17H19N5O2S2. The molecule has 2 aromatic rings. The molecule has 1 aliphatic rings. The van der Waals surface area contributed by atoms with Crippen LogP contribution in [0.5, 0.6) is 0 Å². The van der Waals surface area contributed by atoms with Crippen LogP contribution in [0.2, 0.25) is 0 Å². The summed E-state index contributed by atoms with van der Waals surface area (Å²) in [6.45, 7) is 3.62. The number of hydrogen-bond acceptors (Lipinski definition) is 8. The van der Waals surface area contributed by atoms with Gasteiger partial charge in [-0.15, -0.1) is 5.53 Å². The zero-order chi connectivity index (χ0) is 18.4. The Bertz CT molecular complexity index is 785. The number of rotatable bonds is 7. The highest BCUT2D eigenvalue weighted by Gasteiger charge is 2.16. The number of hydrazine groups is 2.